The Balaban J connectivity index is 0. The SMILES string of the molecule is CN1CCC(CN)C1.Cl.Cl. The molecule has 0 radical (unpaired) electrons. The first-order chi connectivity index (χ1) is 3.83. The van der Waals surface area contributed by atoms with E-state index in [-0.39, 0.29) is 24.8 Å². The molecule has 1 aliphatic heterocycles. The molecule has 0 spiro atoms. The summed E-state index contributed by atoms with van der Waals surface area (Å²) in [5.74, 6) is 0.778. The fourth-order valence-corrected chi connectivity index (χ4v) is 1.22. The number of hydrogen-bond acceptors (Lipinski definition) is 2. The molecule has 1 heterocycles. The molecule has 1 atom stereocenters. The maximum absolute atomic E-state index is 5.47. The van der Waals surface area contributed by atoms with Crippen LogP contribution >= 0.6 is 24.8 Å². The Morgan fingerprint density at radius 1 is 1.50 bits per heavy atom. The highest BCUT2D eigenvalue weighted by molar-refractivity contribution is 5.85. The molecule has 0 aliphatic carbocycles. The molecular weight excluding hydrogens is 171 g/mol. The van der Waals surface area contributed by atoms with E-state index in [9.17, 15) is 0 Å². The number of hydrogen-bond donors (Lipinski definition) is 1. The van der Waals surface area contributed by atoms with Crippen LogP contribution in [0.1, 0.15) is 6.42 Å². The van der Waals surface area contributed by atoms with Crippen molar-refractivity contribution < 1.29 is 0 Å². The molecule has 1 aliphatic rings. The highest BCUT2D eigenvalue weighted by atomic mass is 35.5. The minimum Gasteiger partial charge on any atom is -0.330 e. The summed E-state index contributed by atoms with van der Waals surface area (Å²) >= 11 is 0. The molecule has 2 nitrogen and oxygen atoms in total. The van der Waals surface area contributed by atoms with Crippen molar-refractivity contribution in [2.45, 2.75) is 6.42 Å². The van der Waals surface area contributed by atoms with Crippen molar-refractivity contribution in [1.29, 1.82) is 0 Å². The lowest BCUT2D eigenvalue weighted by Gasteiger charge is -2.05. The molecule has 0 saturated carbocycles. The zero-order valence-corrected chi connectivity index (χ0v) is 7.88. The third-order valence-corrected chi connectivity index (χ3v) is 1.82. The van der Waals surface area contributed by atoms with Gasteiger partial charge in [0, 0.05) is 6.54 Å². The molecule has 0 aromatic rings. The van der Waals surface area contributed by atoms with E-state index in [4.69, 9.17) is 5.73 Å². The Morgan fingerprint density at radius 2 is 2.10 bits per heavy atom. The predicted molar refractivity (Wildman–Crippen MR) is 49.2 cm³/mol. The van der Waals surface area contributed by atoms with E-state index in [1.54, 1.807) is 0 Å². The summed E-state index contributed by atoms with van der Waals surface area (Å²) in [5, 5.41) is 0. The van der Waals surface area contributed by atoms with Crippen molar-refractivity contribution in [1.82, 2.24) is 4.90 Å². The van der Waals surface area contributed by atoms with Gasteiger partial charge in [-0.3, -0.25) is 0 Å². The second kappa shape index (κ2) is 6.23. The van der Waals surface area contributed by atoms with Crippen molar-refractivity contribution in [3.05, 3.63) is 0 Å². The zero-order chi connectivity index (χ0) is 5.98. The average Bonchev–Trinajstić information content (AvgIpc) is 2.14. The second-order valence-electron chi connectivity index (χ2n) is 2.65. The van der Waals surface area contributed by atoms with Gasteiger partial charge in [-0.25, -0.2) is 0 Å². The minimum absolute atomic E-state index is 0. The van der Waals surface area contributed by atoms with Crippen LogP contribution in [0.15, 0.2) is 0 Å². The third kappa shape index (κ3) is 3.62. The quantitative estimate of drug-likeness (QED) is 0.656. The lowest BCUT2D eigenvalue weighted by atomic mass is 10.1. The second-order valence-corrected chi connectivity index (χ2v) is 2.65. The van der Waals surface area contributed by atoms with Crippen LogP contribution in [-0.4, -0.2) is 31.6 Å². The highest BCUT2D eigenvalue weighted by Crippen LogP contribution is 2.11. The Hall–Kier alpha value is 0.500. The summed E-state index contributed by atoms with van der Waals surface area (Å²) in [6.45, 7) is 3.31. The maximum Gasteiger partial charge on any atom is 0.00191 e. The van der Waals surface area contributed by atoms with Crippen LogP contribution in [0.2, 0.25) is 0 Å². The van der Waals surface area contributed by atoms with Crippen LogP contribution in [0.25, 0.3) is 0 Å². The molecule has 2 N–H and O–H groups in total. The Kier molecular flexibility index (Phi) is 8.17. The van der Waals surface area contributed by atoms with Gasteiger partial charge in [0.2, 0.25) is 0 Å². The summed E-state index contributed by atoms with van der Waals surface area (Å²) in [4.78, 5) is 2.33. The molecule has 0 amide bonds. The molecule has 64 valence electrons. The topological polar surface area (TPSA) is 29.3 Å². The molecule has 0 bridgehead atoms. The van der Waals surface area contributed by atoms with Gasteiger partial charge in [0.25, 0.3) is 0 Å². The molecule has 10 heavy (non-hydrogen) atoms. The first kappa shape index (κ1) is 13.1. The van der Waals surface area contributed by atoms with Crippen molar-refractivity contribution >= 4 is 24.8 Å². The van der Waals surface area contributed by atoms with E-state index in [1.807, 2.05) is 0 Å². The smallest absolute Gasteiger partial charge is 0.00191 e. The van der Waals surface area contributed by atoms with Crippen molar-refractivity contribution in [2.75, 3.05) is 26.7 Å². The van der Waals surface area contributed by atoms with E-state index in [2.05, 4.69) is 11.9 Å². The molecule has 1 saturated heterocycles. The van der Waals surface area contributed by atoms with Crippen molar-refractivity contribution in [2.24, 2.45) is 11.7 Å². The first-order valence-electron chi connectivity index (χ1n) is 3.21. The Labute approximate surface area is 75.0 Å². The lowest BCUT2D eigenvalue weighted by Crippen LogP contribution is -2.18. The van der Waals surface area contributed by atoms with Gasteiger partial charge in [-0.05, 0) is 32.5 Å². The summed E-state index contributed by atoms with van der Waals surface area (Å²) < 4.78 is 0. The van der Waals surface area contributed by atoms with E-state index >= 15 is 0 Å². The highest BCUT2D eigenvalue weighted by Gasteiger charge is 2.16. The number of nitrogens with zero attached hydrogens (tertiary/aromatic N) is 1. The fraction of sp³-hybridized carbons (Fsp3) is 1.00. The van der Waals surface area contributed by atoms with E-state index in [1.165, 1.54) is 19.5 Å². The third-order valence-electron chi connectivity index (χ3n) is 1.82. The number of halogens is 2. The molecule has 1 unspecified atom stereocenters. The summed E-state index contributed by atoms with van der Waals surface area (Å²) in [5.41, 5.74) is 5.47. The van der Waals surface area contributed by atoms with Crippen LogP contribution in [0.5, 0.6) is 0 Å². The Morgan fingerprint density at radius 3 is 2.30 bits per heavy atom. The number of likely N-dealkylation sites (tertiary alicyclic amines) is 1. The lowest BCUT2D eigenvalue weighted by molar-refractivity contribution is 0.397. The zero-order valence-electron chi connectivity index (χ0n) is 6.25. The monoisotopic (exact) mass is 186 g/mol. The van der Waals surface area contributed by atoms with Crippen molar-refractivity contribution in [3.8, 4) is 0 Å². The average molecular weight is 187 g/mol. The Bertz CT molecular complexity index is 80.1. The van der Waals surface area contributed by atoms with E-state index in [0.717, 1.165) is 12.5 Å². The van der Waals surface area contributed by atoms with Gasteiger partial charge in [-0.15, -0.1) is 24.8 Å². The molecule has 1 fully saturated rings. The maximum atomic E-state index is 5.47. The standard InChI is InChI=1S/C6H14N2.2ClH/c1-8-3-2-6(4-7)5-8;;/h6H,2-5,7H2,1H3;2*1H. The van der Waals surface area contributed by atoms with Gasteiger partial charge >= 0.3 is 0 Å². The van der Waals surface area contributed by atoms with E-state index < -0.39 is 0 Å². The molecule has 0 aromatic carbocycles. The van der Waals surface area contributed by atoms with Gasteiger partial charge in [0.05, 0.1) is 0 Å². The van der Waals surface area contributed by atoms with Crippen LogP contribution in [0.4, 0.5) is 0 Å². The normalized spacial score (nSPS) is 25.2. The van der Waals surface area contributed by atoms with Crippen LogP contribution < -0.4 is 5.73 Å². The predicted octanol–water partition coefficient (Wildman–Crippen LogP) is 0.740. The van der Waals surface area contributed by atoms with Crippen LogP contribution in [0.3, 0.4) is 0 Å². The molecule has 1 rings (SSSR count). The minimum atomic E-state index is 0. The van der Waals surface area contributed by atoms with Gasteiger partial charge in [-0.2, -0.15) is 0 Å². The van der Waals surface area contributed by atoms with Crippen LogP contribution in [-0.2, 0) is 0 Å². The number of rotatable bonds is 1. The molecular formula is C6H16Cl2N2. The molecule has 4 heteroatoms. The van der Waals surface area contributed by atoms with Gasteiger partial charge in [0.1, 0.15) is 0 Å². The largest absolute Gasteiger partial charge is 0.330 e. The van der Waals surface area contributed by atoms with Gasteiger partial charge in [0.15, 0.2) is 0 Å². The van der Waals surface area contributed by atoms with Gasteiger partial charge in [-0.1, -0.05) is 0 Å². The van der Waals surface area contributed by atoms with Gasteiger partial charge < -0.3 is 10.6 Å². The summed E-state index contributed by atoms with van der Waals surface area (Å²) in [6.07, 6.45) is 1.30. The fourth-order valence-electron chi connectivity index (χ4n) is 1.22. The summed E-state index contributed by atoms with van der Waals surface area (Å²) in [7, 11) is 2.15. The molecule has 0 aromatic heterocycles. The van der Waals surface area contributed by atoms with Crippen molar-refractivity contribution in [3.63, 3.8) is 0 Å². The number of nitrogens with two attached hydrogens (primary N) is 1. The van der Waals surface area contributed by atoms with Crippen LogP contribution in [0, 0.1) is 5.92 Å². The first-order valence-corrected chi connectivity index (χ1v) is 3.21. The van der Waals surface area contributed by atoms with E-state index in [0.29, 0.717) is 0 Å². The summed E-state index contributed by atoms with van der Waals surface area (Å²) in [6, 6.07) is 0.